The summed E-state index contributed by atoms with van der Waals surface area (Å²) in [6.45, 7) is 6.76. The minimum Gasteiger partial charge on any atom is -0.488 e. The number of ether oxygens (including phenoxy) is 2. The predicted octanol–water partition coefficient (Wildman–Crippen LogP) is 2.72. The Bertz CT molecular complexity index is 294. The maximum atomic E-state index is 5.72. The molecule has 0 radical (unpaired) electrons. The molecule has 2 nitrogen and oxygen atoms in total. The van der Waals surface area contributed by atoms with E-state index in [0.717, 1.165) is 5.75 Å². The summed E-state index contributed by atoms with van der Waals surface area (Å²) in [4.78, 5) is 0. The molecule has 1 aromatic carbocycles. The van der Waals surface area contributed by atoms with E-state index < -0.39 is 0 Å². The molecule has 1 rings (SSSR count). The fraction of sp³-hybridized carbons (Fsp3) is 0.500. The van der Waals surface area contributed by atoms with Crippen molar-refractivity contribution in [2.24, 2.45) is 0 Å². The minimum atomic E-state index is 0.0985. The quantitative estimate of drug-likeness (QED) is 0.733. The SMILES string of the molecule is COCC(C)Oc1ccc(C)cc1C. The average Bonchev–Trinajstić information content (AvgIpc) is 2.10. The van der Waals surface area contributed by atoms with Gasteiger partial charge in [0, 0.05) is 7.11 Å². The molecule has 0 aromatic heterocycles. The fourth-order valence-corrected chi connectivity index (χ4v) is 1.42. The topological polar surface area (TPSA) is 18.5 Å². The molecule has 0 heterocycles. The van der Waals surface area contributed by atoms with E-state index in [1.54, 1.807) is 7.11 Å². The Kier molecular flexibility index (Phi) is 3.96. The molecule has 0 fully saturated rings. The van der Waals surface area contributed by atoms with Crippen LogP contribution in [0.5, 0.6) is 5.75 Å². The molecule has 0 aliphatic carbocycles. The second-order valence-corrected chi connectivity index (χ2v) is 3.65. The zero-order valence-corrected chi connectivity index (χ0v) is 9.33. The van der Waals surface area contributed by atoms with Crippen molar-refractivity contribution in [3.05, 3.63) is 29.3 Å². The summed E-state index contributed by atoms with van der Waals surface area (Å²) in [5.41, 5.74) is 2.43. The summed E-state index contributed by atoms with van der Waals surface area (Å²) in [7, 11) is 1.68. The highest BCUT2D eigenvalue weighted by Gasteiger charge is 2.05. The third-order valence-electron chi connectivity index (χ3n) is 2.06. The van der Waals surface area contributed by atoms with Gasteiger partial charge in [-0.1, -0.05) is 17.7 Å². The molecule has 1 unspecified atom stereocenters. The zero-order chi connectivity index (χ0) is 10.6. The van der Waals surface area contributed by atoms with Crippen LogP contribution in [0, 0.1) is 13.8 Å². The standard InChI is InChI=1S/C12H18O2/c1-9-5-6-12(10(2)7-9)14-11(3)8-13-4/h5-7,11H,8H2,1-4H3. The van der Waals surface area contributed by atoms with Gasteiger partial charge in [0.25, 0.3) is 0 Å². The Morgan fingerprint density at radius 2 is 2.00 bits per heavy atom. The summed E-state index contributed by atoms with van der Waals surface area (Å²) in [5.74, 6) is 0.945. The molecule has 2 heteroatoms. The summed E-state index contributed by atoms with van der Waals surface area (Å²) in [6.07, 6.45) is 0.0985. The molecule has 0 aliphatic rings. The number of hydrogen-bond acceptors (Lipinski definition) is 2. The molecule has 0 bridgehead atoms. The van der Waals surface area contributed by atoms with Gasteiger partial charge in [0.2, 0.25) is 0 Å². The molecule has 1 atom stereocenters. The molecule has 0 N–H and O–H groups in total. The summed E-state index contributed by atoms with van der Waals surface area (Å²) in [5, 5.41) is 0. The monoisotopic (exact) mass is 194 g/mol. The van der Waals surface area contributed by atoms with E-state index in [1.165, 1.54) is 11.1 Å². The van der Waals surface area contributed by atoms with Crippen LogP contribution in [0.2, 0.25) is 0 Å². The normalized spacial score (nSPS) is 12.6. The van der Waals surface area contributed by atoms with Gasteiger partial charge in [-0.05, 0) is 32.4 Å². The highest BCUT2D eigenvalue weighted by molar-refractivity contribution is 5.35. The molecule has 14 heavy (non-hydrogen) atoms. The Balaban J connectivity index is 2.67. The minimum absolute atomic E-state index is 0.0985. The van der Waals surface area contributed by atoms with Crippen LogP contribution >= 0.6 is 0 Å². The molecular formula is C12H18O2. The molecule has 0 amide bonds. The fourth-order valence-electron chi connectivity index (χ4n) is 1.42. The zero-order valence-electron chi connectivity index (χ0n) is 9.33. The van der Waals surface area contributed by atoms with Gasteiger partial charge in [0.1, 0.15) is 11.9 Å². The van der Waals surface area contributed by atoms with Crippen LogP contribution in [0.3, 0.4) is 0 Å². The van der Waals surface area contributed by atoms with Crippen molar-refractivity contribution in [1.82, 2.24) is 0 Å². The summed E-state index contributed by atoms with van der Waals surface area (Å²) >= 11 is 0. The first kappa shape index (κ1) is 11.1. The lowest BCUT2D eigenvalue weighted by molar-refractivity contribution is 0.0916. The van der Waals surface area contributed by atoms with Gasteiger partial charge in [0.05, 0.1) is 6.61 Å². The van der Waals surface area contributed by atoms with Gasteiger partial charge in [-0.3, -0.25) is 0 Å². The smallest absolute Gasteiger partial charge is 0.122 e. The first-order chi connectivity index (χ1) is 6.63. The highest BCUT2D eigenvalue weighted by Crippen LogP contribution is 2.19. The number of hydrogen-bond donors (Lipinski definition) is 0. The van der Waals surface area contributed by atoms with Crippen LogP contribution in [0.1, 0.15) is 18.1 Å². The Morgan fingerprint density at radius 3 is 2.57 bits per heavy atom. The van der Waals surface area contributed by atoms with Gasteiger partial charge < -0.3 is 9.47 Å². The van der Waals surface area contributed by atoms with Crippen LogP contribution in [0.15, 0.2) is 18.2 Å². The Labute approximate surface area is 85.8 Å². The van der Waals surface area contributed by atoms with Crippen molar-refractivity contribution in [2.45, 2.75) is 26.9 Å². The van der Waals surface area contributed by atoms with E-state index in [0.29, 0.717) is 6.61 Å². The van der Waals surface area contributed by atoms with Gasteiger partial charge in [-0.25, -0.2) is 0 Å². The predicted molar refractivity (Wildman–Crippen MR) is 57.9 cm³/mol. The maximum absolute atomic E-state index is 5.72. The van der Waals surface area contributed by atoms with Crippen molar-refractivity contribution in [3.63, 3.8) is 0 Å². The molecular weight excluding hydrogens is 176 g/mol. The van der Waals surface area contributed by atoms with Gasteiger partial charge >= 0.3 is 0 Å². The van der Waals surface area contributed by atoms with Crippen molar-refractivity contribution >= 4 is 0 Å². The number of aryl methyl sites for hydroxylation is 2. The van der Waals surface area contributed by atoms with E-state index in [9.17, 15) is 0 Å². The van der Waals surface area contributed by atoms with Crippen molar-refractivity contribution in [2.75, 3.05) is 13.7 Å². The average molecular weight is 194 g/mol. The number of rotatable bonds is 4. The number of benzene rings is 1. The first-order valence-corrected chi connectivity index (χ1v) is 4.86. The second-order valence-electron chi connectivity index (χ2n) is 3.65. The lowest BCUT2D eigenvalue weighted by atomic mass is 10.1. The summed E-state index contributed by atoms with van der Waals surface area (Å²) < 4.78 is 10.7. The van der Waals surface area contributed by atoms with E-state index in [2.05, 4.69) is 26.0 Å². The van der Waals surface area contributed by atoms with Crippen LogP contribution < -0.4 is 4.74 Å². The summed E-state index contributed by atoms with van der Waals surface area (Å²) in [6, 6.07) is 6.19. The Morgan fingerprint density at radius 1 is 1.29 bits per heavy atom. The van der Waals surface area contributed by atoms with Crippen LogP contribution in [0.25, 0.3) is 0 Å². The van der Waals surface area contributed by atoms with Crippen molar-refractivity contribution in [1.29, 1.82) is 0 Å². The third kappa shape index (κ3) is 3.04. The van der Waals surface area contributed by atoms with Crippen molar-refractivity contribution < 1.29 is 9.47 Å². The van der Waals surface area contributed by atoms with Gasteiger partial charge in [-0.2, -0.15) is 0 Å². The van der Waals surface area contributed by atoms with Crippen LogP contribution in [-0.2, 0) is 4.74 Å². The highest BCUT2D eigenvalue weighted by atomic mass is 16.5. The molecule has 0 spiro atoms. The molecule has 0 aliphatic heterocycles. The van der Waals surface area contributed by atoms with Gasteiger partial charge in [0.15, 0.2) is 0 Å². The van der Waals surface area contributed by atoms with Crippen LogP contribution in [0.4, 0.5) is 0 Å². The molecule has 0 saturated carbocycles. The van der Waals surface area contributed by atoms with Crippen LogP contribution in [-0.4, -0.2) is 19.8 Å². The lowest BCUT2D eigenvalue weighted by Gasteiger charge is -2.15. The van der Waals surface area contributed by atoms with E-state index in [4.69, 9.17) is 9.47 Å². The second kappa shape index (κ2) is 5.01. The van der Waals surface area contributed by atoms with Crippen molar-refractivity contribution in [3.8, 4) is 5.75 Å². The Hall–Kier alpha value is -1.02. The van der Waals surface area contributed by atoms with Gasteiger partial charge in [-0.15, -0.1) is 0 Å². The largest absolute Gasteiger partial charge is 0.488 e. The lowest BCUT2D eigenvalue weighted by Crippen LogP contribution is -2.18. The maximum Gasteiger partial charge on any atom is 0.122 e. The van der Waals surface area contributed by atoms with E-state index in [-0.39, 0.29) is 6.10 Å². The molecule has 1 aromatic rings. The third-order valence-corrected chi connectivity index (χ3v) is 2.06. The van der Waals surface area contributed by atoms with E-state index >= 15 is 0 Å². The first-order valence-electron chi connectivity index (χ1n) is 4.86. The van der Waals surface area contributed by atoms with E-state index in [1.807, 2.05) is 13.0 Å². The molecule has 78 valence electrons. The number of methoxy groups -OCH3 is 1. The molecule has 0 saturated heterocycles.